The van der Waals surface area contributed by atoms with Gasteiger partial charge in [0.1, 0.15) is 6.54 Å². The van der Waals surface area contributed by atoms with E-state index in [4.69, 9.17) is 4.52 Å². The molecule has 0 atom stereocenters. The SMILES string of the molecule is O=C(c1cc(Cn2cccn2)on1)N1CCN(c2nc3ccccc3[nH]2)CC1. The van der Waals surface area contributed by atoms with Gasteiger partial charge in [0.15, 0.2) is 11.5 Å². The van der Waals surface area contributed by atoms with Gasteiger partial charge in [-0.05, 0) is 18.2 Å². The molecule has 0 aliphatic carbocycles. The number of benzene rings is 1. The number of aromatic amines is 1. The molecule has 0 unspecified atom stereocenters. The zero-order valence-corrected chi connectivity index (χ0v) is 15.2. The van der Waals surface area contributed by atoms with Crippen molar-refractivity contribution in [3.05, 3.63) is 60.2 Å². The first-order valence-electron chi connectivity index (χ1n) is 9.18. The third kappa shape index (κ3) is 3.11. The highest BCUT2D eigenvalue weighted by atomic mass is 16.5. The van der Waals surface area contributed by atoms with Crippen LogP contribution in [0, 0.1) is 0 Å². The van der Waals surface area contributed by atoms with Crippen LogP contribution in [0.3, 0.4) is 0 Å². The average molecular weight is 377 g/mol. The predicted molar refractivity (Wildman–Crippen MR) is 102 cm³/mol. The Bertz CT molecular complexity index is 1060. The number of rotatable bonds is 4. The molecule has 3 aromatic heterocycles. The number of hydrogen-bond donors (Lipinski definition) is 1. The summed E-state index contributed by atoms with van der Waals surface area (Å²) >= 11 is 0. The van der Waals surface area contributed by atoms with Crippen LogP contribution in [0.1, 0.15) is 16.2 Å². The lowest BCUT2D eigenvalue weighted by atomic mass is 10.2. The van der Waals surface area contributed by atoms with Crippen molar-refractivity contribution in [3.8, 4) is 0 Å². The average Bonchev–Trinajstić information content (AvgIpc) is 3.48. The number of imidazole rings is 1. The summed E-state index contributed by atoms with van der Waals surface area (Å²) in [4.78, 5) is 24.7. The number of carbonyl (C=O) groups excluding carboxylic acids is 1. The van der Waals surface area contributed by atoms with Crippen LogP contribution in [-0.4, -0.2) is 61.9 Å². The Labute approximate surface area is 160 Å². The molecular weight excluding hydrogens is 358 g/mol. The fraction of sp³-hybridized carbons (Fsp3) is 0.263. The topological polar surface area (TPSA) is 96.1 Å². The molecule has 4 aromatic rings. The number of carbonyl (C=O) groups is 1. The molecule has 4 heterocycles. The monoisotopic (exact) mass is 377 g/mol. The van der Waals surface area contributed by atoms with Gasteiger partial charge in [0, 0.05) is 44.6 Å². The number of anilines is 1. The van der Waals surface area contributed by atoms with E-state index in [0.717, 1.165) is 17.0 Å². The van der Waals surface area contributed by atoms with Gasteiger partial charge in [-0.2, -0.15) is 5.10 Å². The molecule has 1 fully saturated rings. The number of nitrogens with one attached hydrogen (secondary N) is 1. The first kappa shape index (κ1) is 16.5. The molecule has 142 valence electrons. The van der Waals surface area contributed by atoms with E-state index in [1.54, 1.807) is 21.8 Å². The molecule has 1 aliphatic rings. The van der Waals surface area contributed by atoms with Crippen molar-refractivity contribution in [3.63, 3.8) is 0 Å². The number of nitrogens with zero attached hydrogens (tertiary/aromatic N) is 6. The number of fused-ring (bicyclic) bond motifs is 1. The zero-order chi connectivity index (χ0) is 18.9. The second kappa shape index (κ2) is 6.84. The van der Waals surface area contributed by atoms with Crippen molar-refractivity contribution in [2.24, 2.45) is 0 Å². The van der Waals surface area contributed by atoms with E-state index in [1.807, 2.05) is 36.5 Å². The number of piperazine rings is 1. The van der Waals surface area contributed by atoms with Crippen LogP contribution in [0.15, 0.2) is 53.3 Å². The van der Waals surface area contributed by atoms with Crippen LogP contribution >= 0.6 is 0 Å². The summed E-state index contributed by atoms with van der Waals surface area (Å²) in [6.45, 7) is 3.09. The van der Waals surface area contributed by atoms with Gasteiger partial charge in [-0.15, -0.1) is 0 Å². The first-order chi connectivity index (χ1) is 13.8. The molecular formula is C19H19N7O2. The second-order valence-electron chi connectivity index (χ2n) is 6.74. The fourth-order valence-electron chi connectivity index (χ4n) is 3.41. The van der Waals surface area contributed by atoms with Crippen molar-refractivity contribution in [2.45, 2.75) is 6.54 Å². The van der Waals surface area contributed by atoms with E-state index < -0.39 is 0 Å². The van der Waals surface area contributed by atoms with Gasteiger partial charge in [0.2, 0.25) is 5.95 Å². The molecule has 0 spiro atoms. The summed E-state index contributed by atoms with van der Waals surface area (Å²) in [7, 11) is 0. The third-order valence-electron chi connectivity index (χ3n) is 4.90. The molecule has 1 N–H and O–H groups in total. The Hall–Kier alpha value is -3.62. The van der Waals surface area contributed by atoms with Crippen molar-refractivity contribution in [1.29, 1.82) is 0 Å². The molecule has 0 bridgehead atoms. The van der Waals surface area contributed by atoms with Crippen molar-refractivity contribution < 1.29 is 9.32 Å². The summed E-state index contributed by atoms with van der Waals surface area (Å²) in [6.07, 6.45) is 3.53. The summed E-state index contributed by atoms with van der Waals surface area (Å²) < 4.78 is 7.01. The molecule has 0 radical (unpaired) electrons. The highest BCUT2D eigenvalue weighted by molar-refractivity contribution is 5.92. The molecule has 9 nitrogen and oxygen atoms in total. The normalized spacial score (nSPS) is 14.7. The Kier molecular flexibility index (Phi) is 4.04. The molecule has 0 saturated carbocycles. The molecule has 1 aromatic carbocycles. The lowest BCUT2D eigenvalue weighted by Crippen LogP contribution is -2.49. The van der Waals surface area contributed by atoms with E-state index in [9.17, 15) is 4.79 Å². The lowest BCUT2D eigenvalue weighted by molar-refractivity contribution is 0.0735. The van der Waals surface area contributed by atoms with Crippen LogP contribution in [0.2, 0.25) is 0 Å². The van der Waals surface area contributed by atoms with E-state index >= 15 is 0 Å². The smallest absolute Gasteiger partial charge is 0.276 e. The molecule has 28 heavy (non-hydrogen) atoms. The molecule has 1 aliphatic heterocycles. The van der Waals surface area contributed by atoms with Gasteiger partial charge in [0.25, 0.3) is 5.91 Å². The van der Waals surface area contributed by atoms with E-state index in [1.165, 1.54) is 0 Å². The van der Waals surface area contributed by atoms with Crippen molar-refractivity contribution in [2.75, 3.05) is 31.1 Å². The Morgan fingerprint density at radius 2 is 2.00 bits per heavy atom. The lowest BCUT2D eigenvalue weighted by Gasteiger charge is -2.34. The van der Waals surface area contributed by atoms with E-state index in [0.29, 0.717) is 44.2 Å². The van der Waals surface area contributed by atoms with E-state index in [-0.39, 0.29) is 5.91 Å². The minimum absolute atomic E-state index is 0.111. The van der Waals surface area contributed by atoms with Crippen LogP contribution < -0.4 is 4.90 Å². The Balaban J connectivity index is 1.22. The molecule has 1 saturated heterocycles. The molecule has 5 rings (SSSR count). The van der Waals surface area contributed by atoms with Crippen LogP contribution in [-0.2, 0) is 6.54 Å². The van der Waals surface area contributed by atoms with Gasteiger partial charge in [-0.25, -0.2) is 4.98 Å². The van der Waals surface area contributed by atoms with Crippen molar-refractivity contribution >= 4 is 22.9 Å². The zero-order valence-electron chi connectivity index (χ0n) is 15.2. The maximum Gasteiger partial charge on any atom is 0.276 e. The highest BCUT2D eigenvalue weighted by Gasteiger charge is 2.25. The summed E-state index contributed by atoms with van der Waals surface area (Å²) in [5.41, 5.74) is 2.30. The number of para-hydroxylation sites is 2. The maximum atomic E-state index is 12.7. The van der Waals surface area contributed by atoms with Gasteiger partial charge in [0.05, 0.1) is 11.0 Å². The van der Waals surface area contributed by atoms with Gasteiger partial charge in [-0.1, -0.05) is 17.3 Å². The number of aromatic nitrogens is 5. The second-order valence-corrected chi connectivity index (χ2v) is 6.74. The van der Waals surface area contributed by atoms with Gasteiger partial charge < -0.3 is 19.3 Å². The predicted octanol–water partition coefficient (Wildman–Crippen LogP) is 1.76. The molecule has 1 amide bonds. The molecule has 9 heteroatoms. The third-order valence-corrected chi connectivity index (χ3v) is 4.90. The van der Waals surface area contributed by atoms with Crippen LogP contribution in [0.5, 0.6) is 0 Å². The largest absolute Gasteiger partial charge is 0.359 e. The van der Waals surface area contributed by atoms with Crippen LogP contribution in [0.4, 0.5) is 5.95 Å². The fourth-order valence-corrected chi connectivity index (χ4v) is 3.41. The summed E-state index contributed by atoms with van der Waals surface area (Å²) in [6, 6.07) is 11.5. The first-order valence-corrected chi connectivity index (χ1v) is 9.18. The Morgan fingerprint density at radius 1 is 1.14 bits per heavy atom. The Morgan fingerprint density at radius 3 is 2.79 bits per heavy atom. The van der Waals surface area contributed by atoms with Gasteiger partial charge >= 0.3 is 0 Å². The minimum Gasteiger partial charge on any atom is -0.359 e. The van der Waals surface area contributed by atoms with Gasteiger partial charge in [-0.3, -0.25) is 9.48 Å². The summed E-state index contributed by atoms with van der Waals surface area (Å²) in [5.74, 6) is 1.34. The highest BCUT2D eigenvalue weighted by Crippen LogP contribution is 2.19. The maximum absolute atomic E-state index is 12.7. The van der Waals surface area contributed by atoms with E-state index in [2.05, 4.69) is 25.1 Å². The van der Waals surface area contributed by atoms with Crippen LogP contribution in [0.25, 0.3) is 11.0 Å². The number of H-pyrrole nitrogens is 1. The van der Waals surface area contributed by atoms with Crippen molar-refractivity contribution in [1.82, 2.24) is 29.8 Å². The quantitative estimate of drug-likeness (QED) is 0.582. The summed E-state index contributed by atoms with van der Waals surface area (Å²) in [5, 5.41) is 8.07. The minimum atomic E-state index is -0.111. The number of hydrogen-bond acceptors (Lipinski definition) is 6. The standard InChI is InChI=1S/C19H19N7O2/c27-18(17-12-14(28-23-17)13-26-7-3-6-20-26)24-8-10-25(11-9-24)19-21-15-4-1-2-5-16(15)22-19/h1-7,12H,8-11,13H2,(H,21,22). The number of amides is 1.